The van der Waals surface area contributed by atoms with Gasteiger partial charge in [-0.05, 0) is 54.8 Å². The molecule has 8 heteroatoms. The molecule has 1 aliphatic heterocycles. The third-order valence-corrected chi connectivity index (χ3v) is 5.17. The van der Waals surface area contributed by atoms with Gasteiger partial charge in [-0.3, -0.25) is 0 Å². The highest BCUT2D eigenvalue weighted by Gasteiger charge is 2.17. The molecule has 1 saturated heterocycles. The summed E-state index contributed by atoms with van der Waals surface area (Å²) >= 11 is 0. The minimum absolute atomic E-state index is 0.479. The van der Waals surface area contributed by atoms with E-state index in [2.05, 4.69) is 56.5 Å². The zero-order valence-corrected chi connectivity index (χ0v) is 18.8. The van der Waals surface area contributed by atoms with Crippen LogP contribution < -0.4 is 20.3 Å². The maximum absolute atomic E-state index is 5.52. The lowest BCUT2D eigenvalue weighted by Gasteiger charge is -2.27. The molecule has 0 amide bonds. The van der Waals surface area contributed by atoms with E-state index in [1.54, 1.807) is 0 Å². The molecule has 168 valence electrons. The van der Waals surface area contributed by atoms with E-state index in [0.29, 0.717) is 43.6 Å². The van der Waals surface area contributed by atoms with E-state index in [1.165, 1.54) is 5.56 Å². The summed E-state index contributed by atoms with van der Waals surface area (Å²) in [4.78, 5) is 16.0. The molecule has 8 nitrogen and oxygen atoms in total. The molecule has 0 atom stereocenters. The van der Waals surface area contributed by atoms with Gasteiger partial charge >= 0.3 is 0 Å². The molecule has 0 spiro atoms. The van der Waals surface area contributed by atoms with Crippen LogP contribution in [0.4, 0.5) is 29.2 Å². The Hall–Kier alpha value is -3.39. The van der Waals surface area contributed by atoms with Crippen molar-refractivity contribution in [3.05, 3.63) is 54.1 Å². The fourth-order valence-corrected chi connectivity index (χ4v) is 3.39. The summed E-state index contributed by atoms with van der Waals surface area (Å²) in [5.74, 6) is 2.91. The van der Waals surface area contributed by atoms with Gasteiger partial charge in [-0.1, -0.05) is 26.0 Å². The molecule has 0 saturated carbocycles. The second-order valence-corrected chi connectivity index (χ2v) is 7.87. The Bertz CT molecular complexity index is 1000. The van der Waals surface area contributed by atoms with Gasteiger partial charge in [0, 0.05) is 24.5 Å². The zero-order chi connectivity index (χ0) is 22.3. The van der Waals surface area contributed by atoms with Crippen LogP contribution in [0.5, 0.6) is 5.75 Å². The number of anilines is 5. The van der Waals surface area contributed by atoms with Crippen molar-refractivity contribution in [2.24, 2.45) is 0 Å². The van der Waals surface area contributed by atoms with Gasteiger partial charge in [0.15, 0.2) is 0 Å². The Labute approximate surface area is 189 Å². The minimum atomic E-state index is 0.479. The van der Waals surface area contributed by atoms with Crippen LogP contribution in [0.1, 0.15) is 32.3 Å². The number of nitrogens with zero attached hydrogens (tertiary/aromatic N) is 4. The van der Waals surface area contributed by atoms with Crippen molar-refractivity contribution < 1.29 is 9.47 Å². The van der Waals surface area contributed by atoms with Crippen molar-refractivity contribution >= 4 is 29.2 Å². The van der Waals surface area contributed by atoms with Gasteiger partial charge in [0.05, 0.1) is 19.8 Å². The summed E-state index contributed by atoms with van der Waals surface area (Å²) in [5.41, 5.74) is 3.10. The fraction of sp³-hybridized carbons (Fsp3) is 0.375. The number of morpholine rings is 1. The van der Waals surface area contributed by atoms with E-state index in [4.69, 9.17) is 9.47 Å². The van der Waals surface area contributed by atoms with Crippen LogP contribution in [0.15, 0.2) is 48.5 Å². The standard InChI is InChI=1S/C24H30N6O2/c1-4-32-21-11-9-20(10-12-21)26-23-27-22(25-19-7-5-18(6-8-19)17(2)3)28-24(29-23)30-13-15-31-16-14-30/h5-12,17H,4,13-16H2,1-3H3,(H2,25,26,27,28,29). The average molecular weight is 435 g/mol. The highest BCUT2D eigenvalue weighted by atomic mass is 16.5. The normalized spacial score (nSPS) is 13.8. The largest absolute Gasteiger partial charge is 0.494 e. The average Bonchev–Trinajstić information content (AvgIpc) is 2.81. The molecule has 1 aliphatic rings. The zero-order valence-electron chi connectivity index (χ0n) is 18.8. The summed E-state index contributed by atoms with van der Waals surface area (Å²) < 4.78 is 11.0. The van der Waals surface area contributed by atoms with Gasteiger partial charge in [0.1, 0.15) is 5.75 Å². The minimum Gasteiger partial charge on any atom is -0.494 e. The summed E-state index contributed by atoms with van der Waals surface area (Å²) in [6.07, 6.45) is 0. The Balaban J connectivity index is 1.58. The van der Waals surface area contributed by atoms with Crippen molar-refractivity contribution in [2.75, 3.05) is 48.4 Å². The maximum atomic E-state index is 5.52. The predicted octanol–water partition coefficient (Wildman–Crippen LogP) is 4.72. The number of benzene rings is 2. The Morgan fingerprint density at radius 2 is 1.44 bits per heavy atom. The Kier molecular flexibility index (Phi) is 7.01. The molecule has 0 radical (unpaired) electrons. The van der Waals surface area contributed by atoms with E-state index in [0.717, 1.165) is 30.2 Å². The van der Waals surface area contributed by atoms with Crippen LogP contribution in [-0.4, -0.2) is 47.9 Å². The molecule has 2 N–H and O–H groups in total. The maximum Gasteiger partial charge on any atom is 0.233 e. The molecule has 1 aromatic heterocycles. The van der Waals surface area contributed by atoms with Crippen LogP contribution in [0.25, 0.3) is 0 Å². The van der Waals surface area contributed by atoms with Gasteiger partial charge < -0.3 is 25.0 Å². The first kappa shape index (κ1) is 21.8. The first-order valence-corrected chi connectivity index (χ1v) is 11.1. The molecule has 32 heavy (non-hydrogen) atoms. The third-order valence-electron chi connectivity index (χ3n) is 5.17. The number of rotatable bonds is 8. The molecule has 0 bridgehead atoms. The number of hydrogen-bond acceptors (Lipinski definition) is 8. The lowest BCUT2D eigenvalue weighted by atomic mass is 10.0. The smallest absolute Gasteiger partial charge is 0.233 e. The van der Waals surface area contributed by atoms with Crippen molar-refractivity contribution in [3.63, 3.8) is 0 Å². The molecular formula is C24H30N6O2. The van der Waals surface area contributed by atoms with Crippen molar-refractivity contribution in [1.29, 1.82) is 0 Å². The van der Waals surface area contributed by atoms with Crippen molar-refractivity contribution in [3.8, 4) is 5.75 Å². The van der Waals surface area contributed by atoms with Crippen molar-refractivity contribution in [2.45, 2.75) is 26.7 Å². The number of aromatic nitrogens is 3. The molecule has 4 rings (SSSR count). The van der Waals surface area contributed by atoms with Crippen LogP contribution in [-0.2, 0) is 4.74 Å². The quantitative estimate of drug-likeness (QED) is 0.527. The second-order valence-electron chi connectivity index (χ2n) is 7.87. The van der Waals surface area contributed by atoms with E-state index in [1.807, 2.05) is 43.3 Å². The van der Waals surface area contributed by atoms with Crippen LogP contribution in [0.3, 0.4) is 0 Å². The lowest BCUT2D eigenvalue weighted by molar-refractivity contribution is 0.122. The Morgan fingerprint density at radius 3 is 1.97 bits per heavy atom. The monoisotopic (exact) mass is 434 g/mol. The molecule has 1 fully saturated rings. The Morgan fingerprint density at radius 1 is 0.875 bits per heavy atom. The van der Waals surface area contributed by atoms with Crippen molar-refractivity contribution in [1.82, 2.24) is 15.0 Å². The number of hydrogen-bond donors (Lipinski definition) is 2. The fourth-order valence-electron chi connectivity index (χ4n) is 3.39. The summed E-state index contributed by atoms with van der Waals surface area (Å²) in [5, 5.41) is 6.61. The van der Waals surface area contributed by atoms with Gasteiger partial charge in [0.25, 0.3) is 0 Å². The summed E-state index contributed by atoms with van der Waals surface area (Å²) in [7, 11) is 0. The van der Waals surface area contributed by atoms with Crippen LogP contribution in [0.2, 0.25) is 0 Å². The highest BCUT2D eigenvalue weighted by molar-refractivity contribution is 5.60. The summed E-state index contributed by atoms with van der Waals surface area (Å²) in [6.45, 7) is 9.78. The van der Waals surface area contributed by atoms with Gasteiger partial charge in [-0.2, -0.15) is 15.0 Å². The first-order valence-electron chi connectivity index (χ1n) is 11.1. The molecule has 0 unspecified atom stereocenters. The SMILES string of the molecule is CCOc1ccc(Nc2nc(Nc3ccc(C(C)C)cc3)nc(N3CCOCC3)n2)cc1. The number of nitrogens with one attached hydrogen (secondary N) is 2. The van der Waals surface area contributed by atoms with Gasteiger partial charge in [-0.15, -0.1) is 0 Å². The third kappa shape index (κ3) is 5.64. The molecule has 0 aliphatic carbocycles. The number of ether oxygens (including phenoxy) is 2. The second kappa shape index (κ2) is 10.3. The molecule has 3 aromatic rings. The molecular weight excluding hydrogens is 404 g/mol. The van der Waals surface area contributed by atoms with Gasteiger partial charge in [-0.25, -0.2) is 0 Å². The topological polar surface area (TPSA) is 84.4 Å². The first-order chi connectivity index (χ1) is 15.6. The van der Waals surface area contributed by atoms with Crippen LogP contribution >= 0.6 is 0 Å². The molecule has 2 aromatic carbocycles. The van der Waals surface area contributed by atoms with Gasteiger partial charge in [0.2, 0.25) is 17.8 Å². The predicted molar refractivity (Wildman–Crippen MR) is 128 cm³/mol. The van der Waals surface area contributed by atoms with Crippen LogP contribution in [0, 0.1) is 0 Å². The lowest BCUT2D eigenvalue weighted by Crippen LogP contribution is -2.37. The molecule has 2 heterocycles. The van der Waals surface area contributed by atoms with E-state index in [9.17, 15) is 0 Å². The van der Waals surface area contributed by atoms with E-state index < -0.39 is 0 Å². The highest BCUT2D eigenvalue weighted by Crippen LogP contribution is 2.23. The van der Waals surface area contributed by atoms with E-state index in [-0.39, 0.29) is 0 Å². The van der Waals surface area contributed by atoms with E-state index >= 15 is 0 Å². The summed E-state index contributed by atoms with van der Waals surface area (Å²) in [6, 6.07) is 16.1.